The SMILES string of the molecule is COc1cc(OC)c(C(=O)O[C@@H](C)C(=O)N2CCc3ccccc3C2)cc1OC. The molecule has 0 saturated carbocycles. The molecule has 0 N–H and O–H groups in total. The van der Waals surface area contributed by atoms with Gasteiger partial charge in [-0.15, -0.1) is 0 Å². The van der Waals surface area contributed by atoms with Gasteiger partial charge in [0.15, 0.2) is 17.6 Å². The minimum Gasteiger partial charge on any atom is -0.496 e. The summed E-state index contributed by atoms with van der Waals surface area (Å²) in [6.07, 6.45) is -0.142. The van der Waals surface area contributed by atoms with Crippen molar-refractivity contribution in [3.63, 3.8) is 0 Å². The molecule has 0 bridgehead atoms. The Morgan fingerprint density at radius 2 is 1.55 bits per heavy atom. The van der Waals surface area contributed by atoms with Crippen molar-refractivity contribution < 1.29 is 28.5 Å². The molecule has 7 nitrogen and oxygen atoms in total. The summed E-state index contributed by atoms with van der Waals surface area (Å²) in [4.78, 5) is 27.3. The van der Waals surface area contributed by atoms with Crippen LogP contribution in [0.3, 0.4) is 0 Å². The Labute approximate surface area is 170 Å². The van der Waals surface area contributed by atoms with Gasteiger partial charge in [-0.25, -0.2) is 4.79 Å². The van der Waals surface area contributed by atoms with E-state index in [0.29, 0.717) is 24.6 Å². The summed E-state index contributed by atoms with van der Waals surface area (Å²) < 4.78 is 21.2. The molecular formula is C22H25NO6. The third-order valence-electron chi connectivity index (χ3n) is 5.00. The van der Waals surface area contributed by atoms with Gasteiger partial charge >= 0.3 is 5.97 Å². The standard InChI is InChI=1S/C22H25NO6/c1-14(21(24)23-10-9-15-7-5-6-8-16(15)13-23)29-22(25)17-11-19(27-3)20(28-4)12-18(17)26-2/h5-8,11-12,14H,9-10,13H2,1-4H3/t14-/m0/s1. The quantitative estimate of drug-likeness (QED) is 0.696. The molecule has 2 aromatic rings. The number of carbonyl (C=O) groups is 2. The molecular weight excluding hydrogens is 374 g/mol. The van der Waals surface area contributed by atoms with E-state index in [1.54, 1.807) is 17.9 Å². The first-order valence-electron chi connectivity index (χ1n) is 9.35. The molecule has 0 fully saturated rings. The van der Waals surface area contributed by atoms with Crippen LogP contribution in [0.25, 0.3) is 0 Å². The van der Waals surface area contributed by atoms with Crippen LogP contribution >= 0.6 is 0 Å². The highest BCUT2D eigenvalue weighted by atomic mass is 16.6. The molecule has 1 amide bonds. The molecule has 1 aliphatic rings. The van der Waals surface area contributed by atoms with Gasteiger partial charge in [0.05, 0.1) is 21.3 Å². The topological polar surface area (TPSA) is 74.3 Å². The van der Waals surface area contributed by atoms with Crippen LogP contribution in [0.4, 0.5) is 0 Å². The lowest BCUT2D eigenvalue weighted by atomic mass is 9.99. The maximum atomic E-state index is 12.8. The summed E-state index contributed by atoms with van der Waals surface area (Å²) >= 11 is 0. The number of hydrogen-bond donors (Lipinski definition) is 0. The molecule has 7 heteroatoms. The van der Waals surface area contributed by atoms with E-state index in [4.69, 9.17) is 18.9 Å². The summed E-state index contributed by atoms with van der Waals surface area (Å²) in [5.41, 5.74) is 2.53. The van der Waals surface area contributed by atoms with Gasteiger partial charge < -0.3 is 23.8 Å². The zero-order chi connectivity index (χ0) is 21.0. The first kappa shape index (κ1) is 20.5. The molecule has 0 aromatic heterocycles. The molecule has 1 heterocycles. The van der Waals surface area contributed by atoms with Crippen LogP contribution < -0.4 is 14.2 Å². The Hall–Kier alpha value is -3.22. The fourth-order valence-corrected chi connectivity index (χ4v) is 3.40. The molecule has 2 aromatic carbocycles. The third kappa shape index (κ3) is 4.29. The van der Waals surface area contributed by atoms with E-state index in [1.165, 1.54) is 33.0 Å². The largest absolute Gasteiger partial charge is 0.496 e. The average molecular weight is 399 g/mol. The molecule has 0 unspecified atom stereocenters. The zero-order valence-electron chi connectivity index (χ0n) is 17.1. The Morgan fingerprint density at radius 3 is 2.21 bits per heavy atom. The second kappa shape index (κ2) is 8.86. The van der Waals surface area contributed by atoms with Crippen LogP contribution in [0.15, 0.2) is 36.4 Å². The van der Waals surface area contributed by atoms with Crippen molar-refractivity contribution in [3.8, 4) is 17.2 Å². The first-order valence-corrected chi connectivity index (χ1v) is 9.35. The zero-order valence-corrected chi connectivity index (χ0v) is 17.1. The minimum absolute atomic E-state index is 0.161. The van der Waals surface area contributed by atoms with E-state index < -0.39 is 12.1 Å². The number of amides is 1. The van der Waals surface area contributed by atoms with Crippen molar-refractivity contribution in [1.82, 2.24) is 4.90 Å². The molecule has 29 heavy (non-hydrogen) atoms. The van der Waals surface area contributed by atoms with Crippen molar-refractivity contribution in [2.75, 3.05) is 27.9 Å². The summed E-state index contributed by atoms with van der Waals surface area (Å²) in [6.45, 7) is 2.68. The molecule has 154 valence electrons. The lowest BCUT2D eigenvalue weighted by Crippen LogP contribution is -2.42. The summed E-state index contributed by atoms with van der Waals surface area (Å²) in [5, 5.41) is 0. The van der Waals surface area contributed by atoms with E-state index in [2.05, 4.69) is 6.07 Å². The van der Waals surface area contributed by atoms with Crippen molar-refractivity contribution in [2.24, 2.45) is 0 Å². The number of fused-ring (bicyclic) bond motifs is 1. The van der Waals surface area contributed by atoms with Crippen molar-refractivity contribution >= 4 is 11.9 Å². The highest BCUT2D eigenvalue weighted by Gasteiger charge is 2.28. The number of carbonyl (C=O) groups excluding carboxylic acids is 2. The number of nitrogens with zero attached hydrogens (tertiary/aromatic N) is 1. The van der Waals surface area contributed by atoms with Crippen molar-refractivity contribution in [2.45, 2.75) is 26.0 Å². The maximum Gasteiger partial charge on any atom is 0.342 e. The van der Waals surface area contributed by atoms with Gasteiger partial charge in [-0.2, -0.15) is 0 Å². The fraction of sp³-hybridized carbons (Fsp3) is 0.364. The van der Waals surface area contributed by atoms with Gasteiger partial charge in [0.1, 0.15) is 11.3 Å². The van der Waals surface area contributed by atoms with Gasteiger partial charge in [0, 0.05) is 25.2 Å². The molecule has 0 radical (unpaired) electrons. The number of methoxy groups -OCH3 is 3. The highest BCUT2D eigenvalue weighted by Crippen LogP contribution is 2.35. The first-order chi connectivity index (χ1) is 14.0. The van der Waals surface area contributed by atoms with E-state index >= 15 is 0 Å². The number of esters is 1. The molecule has 0 aliphatic carbocycles. The summed E-state index contributed by atoms with van der Waals surface area (Å²) in [5.74, 6) is 0.177. The monoisotopic (exact) mass is 399 g/mol. The van der Waals surface area contributed by atoms with Gasteiger partial charge in [0.25, 0.3) is 5.91 Å². The van der Waals surface area contributed by atoms with E-state index in [9.17, 15) is 9.59 Å². The van der Waals surface area contributed by atoms with Gasteiger partial charge in [-0.1, -0.05) is 24.3 Å². The molecule has 0 saturated heterocycles. The van der Waals surface area contributed by atoms with Gasteiger partial charge in [-0.05, 0) is 24.5 Å². The van der Waals surface area contributed by atoms with Crippen molar-refractivity contribution in [1.29, 1.82) is 0 Å². The van der Waals surface area contributed by atoms with E-state index in [0.717, 1.165) is 12.0 Å². The Bertz CT molecular complexity index is 910. The summed E-state index contributed by atoms with van der Waals surface area (Å²) in [7, 11) is 4.41. The average Bonchev–Trinajstić information content (AvgIpc) is 2.76. The van der Waals surface area contributed by atoms with E-state index in [1.807, 2.05) is 18.2 Å². The second-order valence-corrected chi connectivity index (χ2v) is 6.73. The summed E-state index contributed by atoms with van der Waals surface area (Å²) in [6, 6.07) is 11.1. The maximum absolute atomic E-state index is 12.8. The van der Waals surface area contributed by atoms with Gasteiger partial charge in [-0.3, -0.25) is 4.79 Å². The highest BCUT2D eigenvalue weighted by molar-refractivity contribution is 5.95. The Balaban J connectivity index is 1.73. The lowest BCUT2D eigenvalue weighted by molar-refractivity contribution is -0.140. The van der Waals surface area contributed by atoms with Crippen LogP contribution in [0.2, 0.25) is 0 Å². The molecule has 0 spiro atoms. The normalized spacial score (nSPS) is 13.9. The van der Waals surface area contributed by atoms with Crippen LogP contribution in [0.1, 0.15) is 28.4 Å². The smallest absolute Gasteiger partial charge is 0.342 e. The third-order valence-corrected chi connectivity index (χ3v) is 5.00. The number of benzene rings is 2. The van der Waals surface area contributed by atoms with E-state index in [-0.39, 0.29) is 17.2 Å². The second-order valence-electron chi connectivity index (χ2n) is 6.73. The predicted octanol–water partition coefficient (Wildman–Crippen LogP) is 2.84. The van der Waals surface area contributed by atoms with Crippen LogP contribution in [0.5, 0.6) is 17.2 Å². The number of ether oxygens (including phenoxy) is 4. The molecule has 3 rings (SSSR count). The van der Waals surface area contributed by atoms with Crippen LogP contribution in [0, 0.1) is 0 Å². The predicted molar refractivity (Wildman–Crippen MR) is 107 cm³/mol. The molecule has 1 atom stereocenters. The van der Waals surface area contributed by atoms with Gasteiger partial charge in [0.2, 0.25) is 0 Å². The fourth-order valence-electron chi connectivity index (χ4n) is 3.40. The Morgan fingerprint density at radius 1 is 0.931 bits per heavy atom. The molecule has 1 aliphatic heterocycles. The van der Waals surface area contributed by atoms with Crippen LogP contribution in [-0.2, 0) is 22.5 Å². The lowest BCUT2D eigenvalue weighted by Gasteiger charge is -2.30. The Kier molecular flexibility index (Phi) is 6.26. The van der Waals surface area contributed by atoms with Crippen LogP contribution in [-0.4, -0.2) is 50.8 Å². The number of hydrogen-bond acceptors (Lipinski definition) is 6. The van der Waals surface area contributed by atoms with Crippen molar-refractivity contribution in [3.05, 3.63) is 53.1 Å². The minimum atomic E-state index is -0.925. The number of rotatable bonds is 6.